The van der Waals surface area contributed by atoms with Crippen LogP contribution in [-0.4, -0.2) is 24.3 Å². The van der Waals surface area contributed by atoms with Gasteiger partial charge in [-0.25, -0.2) is 4.79 Å². The van der Waals surface area contributed by atoms with Gasteiger partial charge in [0.15, 0.2) is 0 Å². The summed E-state index contributed by atoms with van der Waals surface area (Å²) in [5.41, 5.74) is 5.16. The van der Waals surface area contributed by atoms with Gasteiger partial charge in [-0.15, -0.1) is 12.4 Å². The monoisotopic (exact) mass is 250 g/mol. The van der Waals surface area contributed by atoms with E-state index in [1.807, 2.05) is 20.8 Å². The van der Waals surface area contributed by atoms with E-state index in [0.717, 1.165) is 19.3 Å². The highest BCUT2D eigenvalue weighted by molar-refractivity contribution is 5.85. The van der Waals surface area contributed by atoms with Crippen molar-refractivity contribution in [1.29, 1.82) is 0 Å². The maximum atomic E-state index is 11.4. The number of halogens is 1. The van der Waals surface area contributed by atoms with Crippen molar-refractivity contribution in [2.45, 2.75) is 51.7 Å². The summed E-state index contributed by atoms with van der Waals surface area (Å²) in [6.07, 6.45) is 2.79. The molecule has 0 aromatic rings. The number of rotatable bonds is 2. The molecule has 3 N–H and O–H groups in total. The molecule has 1 saturated carbocycles. The second-order valence-corrected chi connectivity index (χ2v) is 5.26. The van der Waals surface area contributed by atoms with Crippen LogP contribution in [0.3, 0.4) is 0 Å². The summed E-state index contributed by atoms with van der Waals surface area (Å²) in [5, 5.41) is 2.88. The van der Waals surface area contributed by atoms with Crippen LogP contribution < -0.4 is 11.1 Å². The Kier molecular flexibility index (Phi) is 6.11. The highest BCUT2D eigenvalue weighted by Gasteiger charge is 2.26. The first-order chi connectivity index (χ1) is 6.90. The largest absolute Gasteiger partial charge is 0.444 e. The summed E-state index contributed by atoms with van der Waals surface area (Å²) >= 11 is 0. The standard InChI is InChI=1S/C11H22N2O2.ClH/c1-11(2,3)15-10(14)13-9-5-4-8(6-9)7-12;/h8-9H,4-7,12H2,1-3H3,(H,13,14);1H. The average molecular weight is 251 g/mol. The number of carbonyl (C=O) groups excluding carboxylic acids is 1. The zero-order valence-corrected chi connectivity index (χ0v) is 11.1. The number of carbonyl (C=O) groups is 1. The lowest BCUT2D eigenvalue weighted by atomic mass is 10.1. The van der Waals surface area contributed by atoms with Gasteiger partial charge < -0.3 is 15.8 Å². The van der Waals surface area contributed by atoms with Crippen molar-refractivity contribution in [2.75, 3.05) is 6.54 Å². The van der Waals surface area contributed by atoms with E-state index in [9.17, 15) is 4.79 Å². The summed E-state index contributed by atoms with van der Waals surface area (Å²) in [6, 6.07) is 0.244. The molecule has 0 aromatic carbocycles. The SMILES string of the molecule is CC(C)(C)OC(=O)NC1CCC(CN)C1.Cl. The van der Waals surface area contributed by atoms with Gasteiger partial charge in [-0.3, -0.25) is 0 Å². The zero-order valence-electron chi connectivity index (χ0n) is 10.3. The smallest absolute Gasteiger partial charge is 0.407 e. The second-order valence-electron chi connectivity index (χ2n) is 5.26. The predicted molar refractivity (Wildman–Crippen MR) is 66.8 cm³/mol. The Labute approximate surface area is 104 Å². The molecular weight excluding hydrogens is 228 g/mol. The molecule has 1 aliphatic rings. The maximum Gasteiger partial charge on any atom is 0.407 e. The molecule has 4 nitrogen and oxygen atoms in total. The van der Waals surface area contributed by atoms with Crippen LogP contribution in [0.15, 0.2) is 0 Å². The van der Waals surface area contributed by atoms with Crippen LogP contribution in [0.1, 0.15) is 40.0 Å². The molecule has 16 heavy (non-hydrogen) atoms. The highest BCUT2D eigenvalue weighted by atomic mass is 35.5. The molecule has 5 heteroatoms. The molecule has 1 aliphatic carbocycles. The number of ether oxygens (including phenoxy) is 1. The van der Waals surface area contributed by atoms with Crippen LogP contribution in [0.5, 0.6) is 0 Å². The first-order valence-corrected chi connectivity index (χ1v) is 5.60. The topological polar surface area (TPSA) is 64.3 Å². The Hall–Kier alpha value is -0.480. The maximum absolute atomic E-state index is 11.4. The molecule has 96 valence electrons. The summed E-state index contributed by atoms with van der Waals surface area (Å²) in [5.74, 6) is 0.560. The van der Waals surface area contributed by atoms with Gasteiger partial charge in [0.05, 0.1) is 0 Å². The minimum atomic E-state index is -0.421. The van der Waals surface area contributed by atoms with Crippen LogP contribution in [0.4, 0.5) is 4.79 Å². The lowest BCUT2D eigenvalue weighted by Crippen LogP contribution is -2.38. The lowest BCUT2D eigenvalue weighted by molar-refractivity contribution is 0.0504. The molecule has 0 aromatic heterocycles. The summed E-state index contributed by atoms with van der Waals surface area (Å²) < 4.78 is 5.19. The summed E-state index contributed by atoms with van der Waals surface area (Å²) in [6.45, 7) is 6.31. The number of hydrogen-bond donors (Lipinski definition) is 2. The number of hydrogen-bond acceptors (Lipinski definition) is 3. The predicted octanol–water partition coefficient (Wildman–Crippen LogP) is 2.06. The van der Waals surface area contributed by atoms with Crippen molar-refractivity contribution in [2.24, 2.45) is 11.7 Å². The van der Waals surface area contributed by atoms with E-state index in [-0.39, 0.29) is 24.5 Å². The fraction of sp³-hybridized carbons (Fsp3) is 0.909. The average Bonchev–Trinajstić information content (AvgIpc) is 2.48. The van der Waals surface area contributed by atoms with E-state index in [2.05, 4.69) is 5.32 Å². The second kappa shape index (κ2) is 6.30. The molecule has 0 aliphatic heterocycles. The van der Waals surface area contributed by atoms with Crippen LogP contribution >= 0.6 is 12.4 Å². The zero-order chi connectivity index (χ0) is 11.5. The van der Waals surface area contributed by atoms with Gasteiger partial charge in [-0.05, 0) is 52.5 Å². The van der Waals surface area contributed by atoms with Crippen molar-refractivity contribution in [3.63, 3.8) is 0 Å². The Morgan fingerprint density at radius 1 is 1.44 bits per heavy atom. The van der Waals surface area contributed by atoms with Crippen molar-refractivity contribution >= 4 is 18.5 Å². The molecule has 0 saturated heterocycles. The number of amides is 1. The van der Waals surface area contributed by atoms with Crippen molar-refractivity contribution in [1.82, 2.24) is 5.32 Å². The van der Waals surface area contributed by atoms with Gasteiger partial charge in [0.1, 0.15) is 5.60 Å². The van der Waals surface area contributed by atoms with Gasteiger partial charge >= 0.3 is 6.09 Å². The third kappa shape index (κ3) is 5.56. The molecule has 0 heterocycles. The molecule has 1 amide bonds. The first kappa shape index (κ1) is 15.5. The van der Waals surface area contributed by atoms with Crippen LogP contribution in [0.25, 0.3) is 0 Å². The van der Waals surface area contributed by atoms with Gasteiger partial charge in [0.2, 0.25) is 0 Å². The Morgan fingerprint density at radius 3 is 2.50 bits per heavy atom. The molecule has 2 atom stereocenters. The number of alkyl carbamates (subject to hydrolysis) is 1. The van der Waals surface area contributed by atoms with E-state index in [1.54, 1.807) is 0 Å². The van der Waals surface area contributed by atoms with E-state index in [4.69, 9.17) is 10.5 Å². The highest BCUT2D eigenvalue weighted by Crippen LogP contribution is 2.24. The minimum Gasteiger partial charge on any atom is -0.444 e. The molecule has 0 spiro atoms. The molecule has 0 radical (unpaired) electrons. The van der Waals surface area contributed by atoms with E-state index >= 15 is 0 Å². The Balaban J connectivity index is 0.00000225. The fourth-order valence-corrected chi connectivity index (χ4v) is 1.89. The van der Waals surface area contributed by atoms with Crippen LogP contribution in [-0.2, 0) is 4.74 Å². The fourth-order valence-electron chi connectivity index (χ4n) is 1.89. The lowest BCUT2D eigenvalue weighted by Gasteiger charge is -2.21. The van der Waals surface area contributed by atoms with E-state index in [0.29, 0.717) is 12.5 Å². The van der Waals surface area contributed by atoms with Crippen LogP contribution in [0, 0.1) is 5.92 Å². The Morgan fingerprint density at radius 2 is 2.06 bits per heavy atom. The van der Waals surface area contributed by atoms with Crippen LogP contribution in [0.2, 0.25) is 0 Å². The van der Waals surface area contributed by atoms with E-state index in [1.165, 1.54) is 0 Å². The van der Waals surface area contributed by atoms with E-state index < -0.39 is 5.60 Å². The third-order valence-electron chi connectivity index (χ3n) is 2.60. The first-order valence-electron chi connectivity index (χ1n) is 5.60. The minimum absolute atomic E-state index is 0. The summed E-state index contributed by atoms with van der Waals surface area (Å²) in [7, 11) is 0. The van der Waals surface area contributed by atoms with Gasteiger partial charge in [0, 0.05) is 6.04 Å². The van der Waals surface area contributed by atoms with Gasteiger partial charge in [0.25, 0.3) is 0 Å². The molecular formula is C11H23ClN2O2. The van der Waals surface area contributed by atoms with Crippen molar-refractivity contribution in [3.8, 4) is 0 Å². The normalized spacial score (nSPS) is 24.8. The van der Waals surface area contributed by atoms with Gasteiger partial charge in [-0.2, -0.15) is 0 Å². The van der Waals surface area contributed by atoms with Crippen molar-refractivity contribution in [3.05, 3.63) is 0 Å². The molecule has 1 fully saturated rings. The summed E-state index contributed by atoms with van der Waals surface area (Å²) in [4.78, 5) is 11.4. The third-order valence-corrected chi connectivity index (χ3v) is 2.60. The molecule has 1 rings (SSSR count). The number of nitrogens with two attached hydrogens (primary N) is 1. The van der Waals surface area contributed by atoms with Gasteiger partial charge in [-0.1, -0.05) is 0 Å². The molecule has 0 bridgehead atoms. The number of nitrogens with one attached hydrogen (secondary N) is 1. The Bertz CT molecular complexity index is 229. The quantitative estimate of drug-likeness (QED) is 0.789. The van der Waals surface area contributed by atoms with Crippen molar-refractivity contribution < 1.29 is 9.53 Å². The molecule has 2 unspecified atom stereocenters.